The number of nitrogens with zero attached hydrogens (tertiary/aromatic N) is 4. The van der Waals surface area contributed by atoms with Crippen LogP contribution in [0, 0.1) is 5.92 Å². The van der Waals surface area contributed by atoms with Gasteiger partial charge in [0.2, 0.25) is 0 Å². The Bertz CT molecular complexity index is 2180. The van der Waals surface area contributed by atoms with Gasteiger partial charge >= 0.3 is 0 Å². The van der Waals surface area contributed by atoms with Crippen molar-refractivity contribution in [2.45, 2.75) is 57.3 Å². The SMILES string of the molecule is COc1cc(C(=O)N2CC3CCC2C3N)cc2nc3n(c12)Cc1cccc(c1)-c1ccccc1CCCCn1c-3cc2ccccc21. The molecular formula is C40H39N5O2. The van der Waals surface area contributed by atoms with Crippen molar-refractivity contribution >= 4 is 27.8 Å². The number of hydrogen-bond acceptors (Lipinski definition) is 4. The lowest BCUT2D eigenvalue weighted by molar-refractivity contribution is 0.0700. The van der Waals surface area contributed by atoms with E-state index in [-0.39, 0.29) is 18.0 Å². The molecule has 1 saturated heterocycles. The zero-order chi connectivity index (χ0) is 31.6. The first-order chi connectivity index (χ1) is 23.1. The van der Waals surface area contributed by atoms with E-state index in [9.17, 15) is 4.79 Å². The smallest absolute Gasteiger partial charge is 0.254 e. The van der Waals surface area contributed by atoms with Gasteiger partial charge in [0.25, 0.3) is 5.91 Å². The first-order valence-electron chi connectivity index (χ1n) is 17.0. The highest BCUT2D eigenvalue weighted by molar-refractivity contribution is 6.00. The van der Waals surface area contributed by atoms with Gasteiger partial charge in [0.15, 0.2) is 5.82 Å². The Hall–Kier alpha value is -4.88. The number of nitrogens with two attached hydrogens (primary N) is 1. The summed E-state index contributed by atoms with van der Waals surface area (Å²) >= 11 is 0. The standard InChI is InChI=1S/C40H39N5O2/c1-47-36-22-30(40(46)44-24-29-16-17-34(44)37(29)41)20-32-38(36)45-23-25-9-8-13-27(19-25)31-14-4-2-10-26(31)11-6-7-18-43-33-15-5-3-12-28(33)21-35(43)39(45)42-32/h2-5,8-10,12-15,19-22,29,34,37H,6-7,11,16-18,23-24,41H2,1H3. The van der Waals surface area contributed by atoms with Crippen LogP contribution in [0.15, 0.2) is 91.0 Å². The van der Waals surface area contributed by atoms with Crippen molar-refractivity contribution in [1.82, 2.24) is 19.0 Å². The molecule has 4 heterocycles. The minimum Gasteiger partial charge on any atom is -0.494 e. The molecule has 1 amide bonds. The lowest BCUT2D eigenvalue weighted by Gasteiger charge is -2.27. The van der Waals surface area contributed by atoms with Crippen molar-refractivity contribution < 1.29 is 9.53 Å². The van der Waals surface area contributed by atoms with Gasteiger partial charge < -0.3 is 24.5 Å². The monoisotopic (exact) mass is 621 g/mol. The molecule has 2 N–H and O–H groups in total. The number of imidazole rings is 1. The number of aryl methyl sites for hydroxylation is 2. The summed E-state index contributed by atoms with van der Waals surface area (Å²) in [6.45, 7) is 2.22. The van der Waals surface area contributed by atoms with E-state index in [2.05, 4.69) is 88.0 Å². The van der Waals surface area contributed by atoms with Gasteiger partial charge in [0.05, 0.1) is 18.3 Å². The van der Waals surface area contributed by atoms with Crippen LogP contribution < -0.4 is 10.5 Å². The van der Waals surface area contributed by atoms with Gasteiger partial charge in [-0.1, -0.05) is 60.7 Å². The fourth-order valence-electron chi connectivity index (χ4n) is 8.57. The van der Waals surface area contributed by atoms with Gasteiger partial charge in [-0.15, -0.1) is 0 Å². The molecule has 4 bridgehead atoms. The zero-order valence-electron chi connectivity index (χ0n) is 26.7. The second-order valence-corrected chi connectivity index (χ2v) is 13.6. The number of benzene rings is 4. The molecule has 6 aromatic rings. The summed E-state index contributed by atoms with van der Waals surface area (Å²) < 4.78 is 10.8. The van der Waals surface area contributed by atoms with Crippen LogP contribution in [0.5, 0.6) is 5.75 Å². The minimum atomic E-state index is 0.0165. The normalized spacial score (nSPS) is 20.6. The summed E-state index contributed by atoms with van der Waals surface area (Å²) in [4.78, 5) is 21.3. The molecule has 236 valence electrons. The maximum absolute atomic E-state index is 14.0. The maximum atomic E-state index is 14.0. The lowest BCUT2D eigenvalue weighted by atomic mass is 9.95. The molecule has 2 aromatic heterocycles. The Labute approximate surface area is 274 Å². The fourth-order valence-corrected chi connectivity index (χ4v) is 8.57. The summed E-state index contributed by atoms with van der Waals surface area (Å²) in [7, 11) is 1.69. The van der Waals surface area contributed by atoms with Crippen LogP contribution >= 0.6 is 0 Å². The summed E-state index contributed by atoms with van der Waals surface area (Å²) in [6.07, 6.45) is 5.24. The molecule has 7 nitrogen and oxygen atoms in total. The third-order valence-corrected chi connectivity index (χ3v) is 10.9. The number of carbonyl (C=O) groups is 1. The molecule has 0 spiro atoms. The van der Waals surface area contributed by atoms with E-state index in [1.54, 1.807) is 7.11 Å². The van der Waals surface area contributed by atoms with Gasteiger partial charge in [-0.3, -0.25) is 4.79 Å². The number of aromatic nitrogens is 3. The summed E-state index contributed by atoms with van der Waals surface area (Å²) in [5, 5.41) is 1.20. The number of carbonyl (C=O) groups excluding carboxylic acids is 1. The van der Waals surface area contributed by atoms with E-state index in [0.29, 0.717) is 23.8 Å². The molecule has 3 atom stereocenters. The second kappa shape index (κ2) is 11.1. The van der Waals surface area contributed by atoms with E-state index < -0.39 is 0 Å². The number of hydrogen-bond donors (Lipinski definition) is 1. The Morgan fingerprint density at radius 2 is 1.79 bits per heavy atom. The number of amides is 1. The number of para-hydroxylation sites is 1. The van der Waals surface area contributed by atoms with E-state index in [1.807, 2.05) is 17.0 Å². The highest BCUT2D eigenvalue weighted by Crippen LogP contribution is 2.40. The van der Waals surface area contributed by atoms with E-state index >= 15 is 0 Å². The van der Waals surface area contributed by atoms with Crippen molar-refractivity contribution in [3.05, 3.63) is 108 Å². The van der Waals surface area contributed by atoms with Crippen LogP contribution in [-0.4, -0.2) is 50.7 Å². The Balaban J connectivity index is 1.25. The molecule has 3 unspecified atom stereocenters. The molecule has 1 aliphatic carbocycles. The zero-order valence-corrected chi connectivity index (χ0v) is 26.7. The van der Waals surface area contributed by atoms with E-state index in [4.69, 9.17) is 15.5 Å². The highest BCUT2D eigenvalue weighted by atomic mass is 16.5. The molecule has 1 saturated carbocycles. The number of ether oxygens (including phenoxy) is 1. The predicted molar refractivity (Wildman–Crippen MR) is 187 cm³/mol. The van der Waals surface area contributed by atoms with Crippen molar-refractivity contribution in [2.75, 3.05) is 13.7 Å². The van der Waals surface area contributed by atoms with Gasteiger partial charge in [-0.05, 0) is 90.6 Å². The maximum Gasteiger partial charge on any atom is 0.254 e. The average Bonchev–Trinajstić information content (AvgIpc) is 3.85. The first kappa shape index (κ1) is 28.4. The molecule has 2 aliphatic heterocycles. The number of rotatable bonds is 2. The predicted octanol–water partition coefficient (Wildman–Crippen LogP) is 7.28. The van der Waals surface area contributed by atoms with Gasteiger partial charge in [-0.2, -0.15) is 0 Å². The number of methoxy groups -OCH3 is 1. The van der Waals surface area contributed by atoms with Gasteiger partial charge in [0, 0.05) is 48.2 Å². The van der Waals surface area contributed by atoms with Crippen molar-refractivity contribution in [3.8, 4) is 28.4 Å². The Morgan fingerprint density at radius 3 is 2.64 bits per heavy atom. The largest absolute Gasteiger partial charge is 0.494 e. The second-order valence-electron chi connectivity index (χ2n) is 13.6. The Kier molecular flexibility index (Phi) is 6.71. The average molecular weight is 622 g/mol. The van der Waals surface area contributed by atoms with Crippen molar-refractivity contribution in [2.24, 2.45) is 11.7 Å². The van der Waals surface area contributed by atoms with Gasteiger partial charge in [-0.25, -0.2) is 4.98 Å². The van der Waals surface area contributed by atoms with Crippen LogP contribution in [-0.2, 0) is 19.5 Å². The molecule has 0 radical (unpaired) electrons. The van der Waals surface area contributed by atoms with E-state index in [0.717, 1.165) is 67.7 Å². The molecule has 2 fully saturated rings. The third kappa shape index (κ3) is 4.59. The lowest BCUT2D eigenvalue weighted by Crippen LogP contribution is -2.41. The summed E-state index contributed by atoms with van der Waals surface area (Å²) in [5.74, 6) is 1.94. The summed E-state index contributed by atoms with van der Waals surface area (Å²) in [5.41, 5.74) is 16.1. The number of fused-ring (bicyclic) bond motifs is 13. The molecule has 47 heavy (non-hydrogen) atoms. The van der Waals surface area contributed by atoms with Crippen LogP contribution in [0.1, 0.15) is 47.2 Å². The Morgan fingerprint density at radius 1 is 0.915 bits per heavy atom. The quantitative estimate of drug-likeness (QED) is 0.221. The van der Waals surface area contributed by atoms with Crippen LogP contribution in [0.2, 0.25) is 0 Å². The molecule has 9 rings (SSSR count). The van der Waals surface area contributed by atoms with Crippen molar-refractivity contribution in [3.63, 3.8) is 0 Å². The molecule has 7 heteroatoms. The third-order valence-electron chi connectivity index (χ3n) is 10.9. The van der Waals surface area contributed by atoms with Crippen LogP contribution in [0.3, 0.4) is 0 Å². The van der Waals surface area contributed by atoms with E-state index in [1.165, 1.54) is 33.2 Å². The summed E-state index contributed by atoms with van der Waals surface area (Å²) in [6, 6.07) is 32.6. The number of likely N-dealkylation sites (tertiary alicyclic amines) is 1. The van der Waals surface area contributed by atoms with Crippen LogP contribution in [0.4, 0.5) is 0 Å². The van der Waals surface area contributed by atoms with Crippen molar-refractivity contribution in [1.29, 1.82) is 0 Å². The minimum absolute atomic E-state index is 0.0165. The molecule has 4 aromatic carbocycles. The number of piperidine rings is 1. The highest BCUT2D eigenvalue weighted by Gasteiger charge is 2.47. The van der Waals surface area contributed by atoms with Gasteiger partial charge in [0.1, 0.15) is 11.3 Å². The fraction of sp³-hybridized carbons (Fsp3) is 0.300. The molecule has 3 aliphatic rings. The van der Waals surface area contributed by atoms with Crippen LogP contribution in [0.25, 0.3) is 44.6 Å². The topological polar surface area (TPSA) is 78.3 Å². The first-order valence-corrected chi connectivity index (χ1v) is 17.0. The molecular weight excluding hydrogens is 582 g/mol.